The maximum Gasteiger partial charge on any atom is 0.259 e. The summed E-state index contributed by atoms with van der Waals surface area (Å²) in [6, 6.07) is 19.4. The van der Waals surface area contributed by atoms with Crippen molar-refractivity contribution in [3.8, 4) is 10.4 Å². The van der Waals surface area contributed by atoms with E-state index >= 15 is 0 Å². The van der Waals surface area contributed by atoms with Gasteiger partial charge in [-0.25, -0.2) is 9.37 Å². The molecule has 0 radical (unpaired) electrons. The molecule has 0 spiro atoms. The minimum Gasteiger partial charge on any atom is -0.322 e. The molecule has 0 bridgehead atoms. The van der Waals surface area contributed by atoms with Crippen molar-refractivity contribution < 1.29 is 9.29 Å². The Balaban J connectivity index is 1.45. The molecule has 4 nitrogen and oxygen atoms in total. The molecule has 1 atom stereocenters. The molecule has 4 aromatic rings. The van der Waals surface area contributed by atoms with E-state index in [9.17, 15) is 9.18 Å². The molecule has 1 fully saturated rings. The predicted octanol–water partition coefficient (Wildman–Crippen LogP) is 3.54. The number of aromatic nitrogens is 2. The number of hydrogen-bond donors (Lipinski definition) is 2. The second-order valence-corrected chi connectivity index (χ2v) is 8.62. The zero-order valence-corrected chi connectivity index (χ0v) is 16.6. The largest absolute Gasteiger partial charge is 0.322 e. The number of rotatable bonds is 6. The fourth-order valence-corrected chi connectivity index (χ4v) is 4.81. The van der Waals surface area contributed by atoms with Gasteiger partial charge in [-0.1, -0.05) is 48.5 Å². The molecule has 2 aromatic heterocycles. The van der Waals surface area contributed by atoms with Crippen molar-refractivity contribution in [2.45, 2.75) is 32.0 Å². The Morgan fingerprint density at radius 3 is 2.59 bits per heavy atom. The quantitative estimate of drug-likeness (QED) is 0.515. The normalized spacial score (nSPS) is 14.9. The second kappa shape index (κ2) is 7.54. The molecular weight excluding hydrogens is 385 g/mol. The summed E-state index contributed by atoms with van der Waals surface area (Å²) < 4.78 is 14.1. The number of thiophene rings is 1. The van der Waals surface area contributed by atoms with Gasteiger partial charge in [0.25, 0.3) is 5.56 Å². The molecule has 1 aliphatic rings. The van der Waals surface area contributed by atoms with E-state index in [2.05, 4.69) is 4.98 Å². The molecule has 2 N–H and O–H groups in total. The van der Waals surface area contributed by atoms with Gasteiger partial charge in [0.1, 0.15) is 23.7 Å². The van der Waals surface area contributed by atoms with Gasteiger partial charge in [0.2, 0.25) is 0 Å². The van der Waals surface area contributed by atoms with Gasteiger partial charge < -0.3 is 9.88 Å². The molecule has 6 heteroatoms. The third kappa shape index (κ3) is 3.86. The predicted molar refractivity (Wildman–Crippen MR) is 113 cm³/mol. The monoisotopic (exact) mass is 406 g/mol. The molecular formula is C23H21FN3OS+. The standard InChI is InChI=1S/C23H20FN3OS/c24-19-9-5-4-8-16(19)13-27(17-10-11-17)14-21-25-22(28)18-12-20(29-23(18)26-21)15-6-2-1-3-7-15/h1-9,12,17H,10-11,13-14H2,(H,25,26,28)/p+1. The first-order valence-electron chi connectivity index (χ1n) is 9.83. The Hall–Kier alpha value is -2.83. The average molecular weight is 407 g/mol. The van der Waals surface area contributed by atoms with E-state index in [-0.39, 0.29) is 11.4 Å². The zero-order valence-electron chi connectivity index (χ0n) is 15.8. The minimum absolute atomic E-state index is 0.107. The van der Waals surface area contributed by atoms with Crippen LogP contribution >= 0.6 is 11.3 Å². The Labute approximate surface area is 171 Å². The lowest BCUT2D eigenvalue weighted by Gasteiger charge is -2.19. The fraction of sp³-hybridized carbons (Fsp3) is 0.217. The number of H-pyrrole nitrogens is 1. The van der Waals surface area contributed by atoms with E-state index in [1.807, 2.05) is 48.5 Å². The Morgan fingerprint density at radius 1 is 1.07 bits per heavy atom. The summed E-state index contributed by atoms with van der Waals surface area (Å²) in [6.45, 7) is 1.18. The van der Waals surface area contributed by atoms with Gasteiger partial charge in [0.05, 0.1) is 11.4 Å². The van der Waals surface area contributed by atoms with Crippen LogP contribution in [0, 0.1) is 5.82 Å². The van der Waals surface area contributed by atoms with Crippen molar-refractivity contribution in [2.75, 3.05) is 0 Å². The van der Waals surface area contributed by atoms with Crippen molar-refractivity contribution in [2.24, 2.45) is 0 Å². The summed E-state index contributed by atoms with van der Waals surface area (Å²) in [5.74, 6) is 0.496. The van der Waals surface area contributed by atoms with Crippen molar-refractivity contribution >= 4 is 21.6 Å². The fourth-order valence-electron chi connectivity index (χ4n) is 3.75. The summed E-state index contributed by atoms with van der Waals surface area (Å²) >= 11 is 1.54. The number of benzene rings is 2. The number of quaternary nitrogens is 1. The van der Waals surface area contributed by atoms with Gasteiger partial charge in [-0.3, -0.25) is 4.79 Å². The van der Waals surface area contributed by atoms with E-state index in [4.69, 9.17) is 4.98 Å². The van der Waals surface area contributed by atoms with Crippen LogP contribution in [-0.4, -0.2) is 16.0 Å². The number of nitrogens with zero attached hydrogens (tertiary/aromatic N) is 1. The SMILES string of the molecule is O=c1[nH]c(C[NH+](Cc2ccccc2F)C2CC2)nc2sc(-c3ccccc3)cc12. The Kier molecular flexibility index (Phi) is 4.73. The van der Waals surface area contributed by atoms with Gasteiger partial charge in [-0.05, 0) is 17.7 Å². The van der Waals surface area contributed by atoms with Crippen molar-refractivity contribution in [3.05, 3.63) is 88.2 Å². The molecule has 146 valence electrons. The van der Waals surface area contributed by atoms with Crippen molar-refractivity contribution in [3.63, 3.8) is 0 Å². The van der Waals surface area contributed by atoms with Crippen molar-refractivity contribution in [1.29, 1.82) is 0 Å². The lowest BCUT2D eigenvalue weighted by Crippen LogP contribution is -3.10. The van der Waals surface area contributed by atoms with Crippen LogP contribution in [0.3, 0.4) is 0 Å². The highest BCUT2D eigenvalue weighted by Crippen LogP contribution is 2.30. The summed E-state index contributed by atoms with van der Waals surface area (Å²) in [4.78, 5) is 23.4. The van der Waals surface area contributed by atoms with E-state index in [0.717, 1.165) is 28.1 Å². The maximum absolute atomic E-state index is 14.1. The van der Waals surface area contributed by atoms with E-state index < -0.39 is 0 Å². The van der Waals surface area contributed by atoms with Crippen LogP contribution in [0.2, 0.25) is 0 Å². The summed E-state index contributed by atoms with van der Waals surface area (Å²) in [7, 11) is 0. The molecule has 5 rings (SSSR count). The first-order valence-corrected chi connectivity index (χ1v) is 10.6. The van der Waals surface area contributed by atoms with Crippen LogP contribution in [0.25, 0.3) is 20.7 Å². The Bertz CT molecular complexity index is 1210. The van der Waals surface area contributed by atoms with E-state index in [0.29, 0.717) is 35.9 Å². The van der Waals surface area contributed by atoms with Crippen molar-refractivity contribution in [1.82, 2.24) is 9.97 Å². The average Bonchev–Trinajstić information content (AvgIpc) is 3.49. The van der Waals surface area contributed by atoms with E-state index in [1.54, 1.807) is 6.07 Å². The van der Waals surface area contributed by atoms with Gasteiger partial charge >= 0.3 is 0 Å². The molecule has 1 saturated carbocycles. The van der Waals surface area contributed by atoms with Crippen LogP contribution in [0.15, 0.2) is 65.5 Å². The van der Waals surface area contributed by atoms with Crippen LogP contribution in [-0.2, 0) is 13.1 Å². The highest BCUT2D eigenvalue weighted by molar-refractivity contribution is 7.21. The molecule has 2 heterocycles. The number of halogens is 1. The number of fused-ring (bicyclic) bond motifs is 1. The molecule has 0 saturated heterocycles. The first kappa shape index (κ1) is 18.2. The lowest BCUT2D eigenvalue weighted by molar-refractivity contribution is -0.939. The molecule has 1 unspecified atom stereocenters. The summed E-state index contributed by atoms with van der Waals surface area (Å²) in [5.41, 5.74) is 1.69. The Morgan fingerprint density at radius 2 is 1.83 bits per heavy atom. The van der Waals surface area contributed by atoms with Gasteiger partial charge in [-0.15, -0.1) is 11.3 Å². The first-order chi connectivity index (χ1) is 14.2. The van der Waals surface area contributed by atoms with E-state index in [1.165, 1.54) is 22.3 Å². The molecule has 2 aromatic carbocycles. The highest BCUT2D eigenvalue weighted by Gasteiger charge is 2.34. The molecule has 0 aliphatic heterocycles. The number of hydrogen-bond acceptors (Lipinski definition) is 3. The van der Waals surface area contributed by atoms with Crippen LogP contribution in [0.5, 0.6) is 0 Å². The van der Waals surface area contributed by atoms with Crippen LogP contribution in [0.1, 0.15) is 24.2 Å². The lowest BCUT2D eigenvalue weighted by atomic mass is 10.2. The summed E-state index contributed by atoms with van der Waals surface area (Å²) in [6.07, 6.45) is 2.26. The highest BCUT2D eigenvalue weighted by atomic mass is 32.1. The van der Waals surface area contributed by atoms with Gasteiger partial charge in [0, 0.05) is 23.3 Å². The third-order valence-corrected chi connectivity index (χ3v) is 6.51. The smallest absolute Gasteiger partial charge is 0.259 e. The second-order valence-electron chi connectivity index (χ2n) is 7.59. The maximum atomic E-state index is 14.1. The molecule has 1 aliphatic carbocycles. The van der Waals surface area contributed by atoms with Crippen LogP contribution in [0.4, 0.5) is 4.39 Å². The van der Waals surface area contributed by atoms with Crippen LogP contribution < -0.4 is 10.5 Å². The third-order valence-electron chi connectivity index (χ3n) is 5.43. The van der Waals surface area contributed by atoms with Gasteiger partial charge in [0.15, 0.2) is 5.82 Å². The topological polar surface area (TPSA) is 50.2 Å². The molecule has 29 heavy (non-hydrogen) atoms. The number of aromatic amines is 1. The van der Waals surface area contributed by atoms with Gasteiger partial charge in [-0.2, -0.15) is 0 Å². The number of nitrogens with one attached hydrogen (secondary N) is 2. The molecule has 0 amide bonds. The summed E-state index contributed by atoms with van der Waals surface area (Å²) in [5, 5.41) is 0.625. The minimum atomic E-state index is -0.173. The zero-order chi connectivity index (χ0) is 19.8.